The summed E-state index contributed by atoms with van der Waals surface area (Å²) in [7, 11) is 0. The number of H-pyrrole nitrogens is 1. The summed E-state index contributed by atoms with van der Waals surface area (Å²) in [6, 6.07) is 0. The first-order valence-electron chi connectivity index (χ1n) is 23.4. The van der Waals surface area contributed by atoms with Crippen molar-refractivity contribution >= 4 is 50.7 Å². The Morgan fingerprint density at radius 1 is 0.678 bits per heavy atom. The van der Waals surface area contributed by atoms with E-state index >= 15 is 0 Å². The maximum atomic E-state index is 13.2. The minimum atomic E-state index is -0.447. The molecule has 2 heterocycles. The molecule has 11 heteroatoms. The van der Waals surface area contributed by atoms with Crippen LogP contribution in [0.3, 0.4) is 0 Å². The molecule has 59 heavy (non-hydrogen) atoms. The summed E-state index contributed by atoms with van der Waals surface area (Å²) in [6.07, 6.45) is 27.9. The number of alkyl halides is 1. The maximum absolute atomic E-state index is 13.2. The Morgan fingerprint density at radius 3 is 1.61 bits per heavy atom. The van der Waals surface area contributed by atoms with Gasteiger partial charge >= 0.3 is 0 Å². The Labute approximate surface area is 371 Å². The van der Waals surface area contributed by atoms with Gasteiger partial charge in [0, 0.05) is 24.2 Å². The Balaban J connectivity index is 0.000000146. The molecule has 2 aromatic rings. The van der Waals surface area contributed by atoms with E-state index in [-0.39, 0.29) is 16.7 Å². The maximum Gasteiger partial charge on any atom is 0.157 e. The highest BCUT2D eigenvalue weighted by Gasteiger charge is 2.60. The van der Waals surface area contributed by atoms with Crippen molar-refractivity contribution in [3.63, 3.8) is 0 Å². The van der Waals surface area contributed by atoms with Crippen molar-refractivity contribution in [2.24, 2.45) is 81.8 Å². The highest BCUT2D eigenvalue weighted by Crippen LogP contribution is 2.66. The second kappa shape index (κ2) is 17.4. The fourth-order valence-electron chi connectivity index (χ4n) is 16.2. The van der Waals surface area contributed by atoms with Gasteiger partial charge in [-0.05, 0) is 199 Å². The van der Waals surface area contributed by atoms with Crippen LogP contribution in [-0.2, 0) is 16.1 Å². The first kappa shape index (κ1) is 44.4. The van der Waals surface area contributed by atoms with Gasteiger partial charge in [0.15, 0.2) is 5.78 Å². The molecular formula is C48H71BrCl2N4O4. The highest BCUT2D eigenvalue weighted by molar-refractivity contribution is 9.09. The molecule has 8 nitrogen and oxygen atoms in total. The lowest BCUT2D eigenvalue weighted by molar-refractivity contribution is -0.133. The fraction of sp³-hybridized carbons (Fsp3) is 0.833. The number of hydrogen-bond donors (Lipinski definition) is 3. The molecule has 0 aromatic carbocycles. The normalized spacial score (nSPS) is 45.7. The van der Waals surface area contributed by atoms with E-state index in [0.717, 1.165) is 85.9 Å². The van der Waals surface area contributed by atoms with Crippen LogP contribution in [0, 0.1) is 81.8 Å². The van der Waals surface area contributed by atoms with Gasteiger partial charge in [-0.2, -0.15) is 10.2 Å². The molecule has 328 valence electrons. The predicted molar refractivity (Wildman–Crippen MR) is 237 cm³/mol. The summed E-state index contributed by atoms with van der Waals surface area (Å²) in [5, 5.41) is 33.2. The van der Waals surface area contributed by atoms with Crippen LogP contribution >= 0.6 is 39.1 Å². The molecule has 0 amide bonds. The molecule has 0 unspecified atom stereocenters. The van der Waals surface area contributed by atoms with E-state index in [0.29, 0.717) is 51.2 Å². The summed E-state index contributed by atoms with van der Waals surface area (Å²) >= 11 is 14.8. The van der Waals surface area contributed by atoms with E-state index in [4.69, 9.17) is 23.2 Å². The minimum absolute atomic E-state index is 0.155. The summed E-state index contributed by atoms with van der Waals surface area (Å²) in [5.41, 5.74) is -0.448. The molecule has 2 aromatic heterocycles. The molecule has 0 spiro atoms. The molecule has 8 saturated carbocycles. The van der Waals surface area contributed by atoms with Crippen LogP contribution in [0.2, 0.25) is 10.0 Å². The van der Waals surface area contributed by atoms with Crippen molar-refractivity contribution in [3.05, 3.63) is 34.8 Å². The summed E-state index contributed by atoms with van der Waals surface area (Å²) in [4.78, 5) is 25.7. The van der Waals surface area contributed by atoms with Crippen molar-refractivity contribution in [1.29, 1.82) is 0 Å². The number of fused-ring (bicyclic) bond motifs is 10. The smallest absolute Gasteiger partial charge is 0.157 e. The lowest BCUT2D eigenvalue weighted by atomic mass is 9.49. The number of halogens is 3. The highest BCUT2D eigenvalue weighted by atomic mass is 79.9. The molecular weight excluding hydrogens is 847 g/mol. The lowest BCUT2D eigenvalue weighted by Crippen LogP contribution is -2.51. The van der Waals surface area contributed by atoms with E-state index in [2.05, 4.69) is 45.1 Å². The average Bonchev–Trinajstić information content (AvgIpc) is 4.00. The van der Waals surface area contributed by atoms with Gasteiger partial charge in [0.1, 0.15) is 5.78 Å². The minimum Gasteiger partial charge on any atom is -0.390 e. The number of rotatable bonds is 5. The van der Waals surface area contributed by atoms with Crippen molar-refractivity contribution in [1.82, 2.24) is 20.0 Å². The molecule has 3 N–H and O–H groups in total. The van der Waals surface area contributed by atoms with Crippen molar-refractivity contribution < 1.29 is 19.8 Å². The van der Waals surface area contributed by atoms with E-state index < -0.39 is 11.2 Å². The number of nitrogens with zero attached hydrogens (tertiary/aromatic N) is 3. The third-order valence-electron chi connectivity index (χ3n) is 18.8. The summed E-state index contributed by atoms with van der Waals surface area (Å²) < 4.78 is 1.70. The van der Waals surface area contributed by atoms with Crippen LogP contribution in [0.1, 0.15) is 143 Å². The number of carbonyl (C=O) groups excluding carboxylic acids is 2. The third kappa shape index (κ3) is 8.83. The standard InChI is InChI=1S/C24H35ClN2O2.C21H33BrO2.C3H3ClN2/c1-23(29)9-7-17-15(11-23)3-4-19-18(17)8-10-24(2)20(19)5-6-21(24)22(28)14-27-13-16(25)12-26-27;1-20(24)9-7-14-13(11-20)3-4-16-15(14)8-10-21(2)17(16)5-6-18(21)19(23)12-22;4-3-1-5-6-2-3/h12-13,15,17-21,29H,3-11,14H2,1-2H3;13-18,24H,3-12H2,1-2H3;1-2H,(H,5,6)/t15-,17+,18-,19-,20+,21-,23-,24+;13-,14+,15-,16-,17+,18-,20-,21+;/m11./s1. The number of hydrogen-bond acceptors (Lipinski definition) is 6. The zero-order chi connectivity index (χ0) is 41.9. The van der Waals surface area contributed by atoms with E-state index in [9.17, 15) is 19.8 Å². The molecule has 0 saturated heterocycles. The molecule has 8 aliphatic carbocycles. The monoisotopic (exact) mass is 916 g/mol. The van der Waals surface area contributed by atoms with E-state index in [1.54, 1.807) is 29.5 Å². The van der Waals surface area contributed by atoms with Crippen LogP contribution < -0.4 is 0 Å². The quantitative estimate of drug-likeness (QED) is 0.257. The van der Waals surface area contributed by atoms with Gasteiger partial charge < -0.3 is 10.2 Å². The second-order valence-corrected chi connectivity index (χ2v) is 23.5. The van der Waals surface area contributed by atoms with Crippen LogP contribution in [0.5, 0.6) is 0 Å². The molecule has 8 aliphatic rings. The number of aliphatic hydroxyl groups is 2. The van der Waals surface area contributed by atoms with Gasteiger partial charge in [0.25, 0.3) is 0 Å². The first-order valence-corrected chi connectivity index (χ1v) is 25.3. The molecule has 10 rings (SSSR count). The van der Waals surface area contributed by atoms with Crippen LogP contribution in [-0.4, -0.2) is 58.3 Å². The molecule has 16 atom stereocenters. The second-order valence-electron chi connectivity index (χ2n) is 22.0. The number of aromatic amines is 1. The summed E-state index contributed by atoms with van der Waals surface area (Å²) in [5.74, 6) is 9.17. The Bertz CT molecular complexity index is 1780. The van der Waals surface area contributed by atoms with Gasteiger partial charge in [0.05, 0.1) is 45.5 Å². The predicted octanol–water partition coefficient (Wildman–Crippen LogP) is 11.2. The average molecular weight is 919 g/mol. The molecule has 0 aliphatic heterocycles. The van der Waals surface area contributed by atoms with E-state index in [1.807, 2.05) is 13.8 Å². The fourth-order valence-corrected chi connectivity index (χ4v) is 16.9. The summed E-state index contributed by atoms with van der Waals surface area (Å²) in [6.45, 7) is 9.28. The SMILES string of the molecule is C[C@@]1(O)CC[C@H]2[C@H](CC[C@@H]3[C@@H]2CC[C@]2(C)[C@@H](C(=O)CBr)CC[C@@H]32)C1.C[C@@]1(O)CC[C@H]2[C@H](CC[C@@H]3[C@@H]2CC[C@]2(C)[C@@H](C(=O)Cn4cc(Cl)cn4)CC[C@@H]32)C1.Clc1cn[nH]c1. The zero-order valence-corrected chi connectivity index (χ0v) is 39.2. The van der Waals surface area contributed by atoms with Gasteiger partial charge in [0.2, 0.25) is 0 Å². The largest absolute Gasteiger partial charge is 0.390 e. The van der Waals surface area contributed by atoms with Gasteiger partial charge in [-0.15, -0.1) is 0 Å². The van der Waals surface area contributed by atoms with Crippen LogP contribution in [0.4, 0.5) is 0 Å². The van der Waals surface area contributed by atoms with E-state index in [1.165, 1.54) is 77.0 Å². The van der Waals surface area contributed by atoms with Crippen molar-refractivity contribution in [2.75, 3.05) is 5.33 Å². The van der Waals surface area contributed by atoms with Crippen LogP contribution in [0.25, 0.3) is 0 Å². The number of carbonyl (C=O) groups is 2. The third-order valence-corrected chi connectivity index (χ3v) is 19.7. The Morgan fingerprint density at radius 2 is 1.19 bits per heavy atom. The van der Waals surface area contributed by atoms with Gasteiger partial charge in [-0.3, -0.25) is 19.4 Å². The van der Waals surface area contributed by atoms with Crippen LogP contribution in [0.15, 0.2) is 24.8 Å². The molecule has 0 bridgehead atoms. The zero-order valence-electron chi connectivity index (χ0n) is 36.1. The molecule has 0 radical (unpaired) electrons. The first-order chi connectivity index (χ1) is 28.0. The number of Topliss-reactive ketones (excluding diaryl/α,β-unsaturated/α-hetero) is 2. The topological polar surface area (TPSA) is 121 Å². The van der Waals surface area contributed by atoms with Gasteiger partial charge in [-0.1, -0.05) is 53.0 Å². The number of aromatic nitrogens is 4. The Kier molecular flexibility index (Phi) is 13.1. The lowest BCUT2D eigenvalue weighted by Gasteiger charge is -2.56. The number of ketones is 2. The van der Waals surface area contributed by atoms with Gasteiger partial charge in [-0.25, -0.2) is 0 Å². The number of nitrogens with one attached hydrogen (secondary N) is 1. The molecule has 8 fully saturated rings. The Hall–Kier alpha value is -1.26. The van der Waals surface area contributed by atoms with Crippen molar-refractivity contribution in [3.8, 4) is 0 Å². The van der Waals surface area contributed by atoms with Crippen molar-refractivity contribution in [2.45, 2.75) is 161 Å².